The lowest BCUT2D eigenvalue weighted by Gasteiger charge is -2.21. The van der Waals surface area contributed by atoms with E-state index >= 15 is 0 Å². The Morgan fingerprint density at radius 2 is 1.62 bits per heavy atom. The molecule has 144 valence electrons. The lowest BCUT2D eigenvalue weighted by Crippen LogP contribution is -2.36. The van der Waals surface area contributed by atoms with Crippen molar-refractivity contribution in [2.24, 2.45) is 0 Å². The Morgan fingerprint density at radius 1 is 1.04 bits per heavy atom. The van der Waals surface area contributed by atoms with Crippen molar-refractivity contribution in [3.63, 3.8) is 0 Å². The molecule has 7 heteroatoms. The predicted molar refractivity (Wildman–Crippen MR) is 96.2 cm³/mol. The van der Waals surface area contributed by atoms with Crippen molar-refractivity contribution in [1.82, 2.24) is 5.32 Å². The molecule has 0 saturated heterocycles. The van der Waals surface area contributed by atoms with Gasteiger partial charge in [-0.15, -0.1) is 0 Å². The first kappa shape index (κ1) is 21.5. The first-order valence-corrected chi connectivity index (χ1v) is 8.31. The molecule has 1 aromatic carbocycles. The van der Waals surface area contributed by atoms with E-state index in [0.717, 1.165) is 0 Å². The molecule has 1 amide bonds. The zero-order chi connectivity index (χ0) is 20.1. The van der Waals surface area contributed by atoms with Crippen LogP contribution in [-0.2, 0) is 14.3 Å². The van der Waals surface area contributed by atoms with E-state index in [4.69, 9.17) is 9.47 Å². The molecule has 0 aromatic heterocycles. The highest BCUT2D eigenvalue weighted by Gasteiger charge is 2.24. The second-order valence-electron chi connectivity index (χ2n) is 7.90. The van der Waals surface area contributed by atoms with Crippen molar-refractivity contribution in [3.05, 3.63) is 35.4 Å². The van der Waals surface area contributed by atoms with Gasteiger partial charge in [-0.25, -0.2) is 9.59 Å². The lowest BCUT2D eigenvalue weighted by atomic mass is 9.97. The molecule has 1 rings (SSSR count). The van der Waals surface area contributed by atoms with E-state index < -0.39 is 35.2 Å². The second kappa shape index (κ2) is 8.21. The highest BCUT2D eigenvalue weighted by molar-refractivity contribution is 5.90. The van der Waals surface area contributed by atoms with Crippen LogP contribution in [0.5, 0.6) is 0 Å². The van der Waals surface area contributed by atoms with Crippen LogP contribution in [0.4, 0.5) is 4.79 Å². The van der Waals surface area contributed by atoms with E-state index in [1.165, 1.54) is 6.07 Å². The van der Waals surface area contributed by atoms with Crippen molar-refractivity contribution in [3.8, 4) is 0 Å². The summed E-state index contributed by atoms with van der Waals surface area (Å²) in [5, 5.41) is 11.9. The third kappa shape index (κ3) is 7.55. The normalized spacial score (nSPS) is 12.8. The number of alkyl carbamates (subject to hydrolysis) is 1. The van der Waals surface area contributed by atoms with Crippen LogP contribution >= 0.6 is 0 Å². The number of hydrogen-bond donors (Lipinski definition) is 2. The van der Waals surface area contributed by atoms with Gasteiger partial charge in [0.1, 0.15) is 11.2 Å². The van der Waals surface area contributed by atoms with E-state index in [0.29, 0.717) is 5.56 Å². The first-order valence-electron chi connectivity index (χ1n) is 8.31. The molecular formula is C19H27NO6. The quantitative estimate of drug-likeness (QED) is 0.776. The summed E-state index contributed by atoms with van der Waals surface area (Å²) in [6, 6.07) is 6.18. The van der Waals surface area contributed by atoms with E-state index in [-0.39, 0.29) is 12.1 Å². The van der Waals surface area contributed by atoms with Crippen LogP contribution in [0.3, 0.4) is 0 Å². The van der Waals surface area contributed by atoms with Crippen LogP contribution in [0.2, 0.25) is 0 Å². The van der Waals surface area contributed by atoms with Crippen molar-refractivity contribution in [2.45, 2.75) is 58.7 Å². The maximum atomic E-state index is 12.2. The van der Waals surface area contributed by atoms with Crippen LogP contribution in [-0.4, -0.2) is 40.9 Å². The summed E-state index contributed by atoms with van der Waals surface area (Å²) in [4.78, 5) is 35.5. The van der Waals surface area contributed by atoms with Gasteiger partial charge in [0, 0.05) is 6.54 Å². The average Bonchev–Trinajstić information content (AvgIpc) is 2.43. The third-order valence-corrected chi connectivity index (χ3v) is 3.07. The fourth-order valence-corrected chi connectivity index (χ4v) is 2.07. The molecule has 0 bridgehead atoms. The van der Waals surface area contributed by atoms with Gasteiger partial charge in [-0.3, -0.25) is 4.79 Å². The van der Waals surface area contributed by atoms with Gasteiger partial charge in [0.05, 0.1) is 11.5 Å². The number of carbonyl (C=O) groups excluding carboxylic acids is 2. The first-order chi connectivity index (χ1) is 11.8. The molecule has 7 nitrogen and oxygen atoms in total. The summed E-state index contributed by atoms with van der Waals surface area (Å²) >= 11 is 0. The number of carboxylic acid groups (broad SMARTS) is 1. The summed E-state index contributed by atoms with van der Waals surface area (Å²) in [7, 11) is 0. The number of carbonyl (C=O) groups is 3. The van der Waals surface area contributed by atoms with Gasteiger partial charge in [-0.2, -0.15) is 0 Å². The molecule has 0 radical (unpaired) electrons. The highest BCUT2D eigenvalue weighted by Crippen LogP contribution is 2.19. The molecule has 26 heavy (non-hydrogen) atoms. The van der Waals surface area contributed by atoms with Crippen LogP contribution in [0.1, 0.15) is 63.4 Å². The molecule has 0 saturated carbocycles. The van der Waals surface area contributed by atoms with Crippen LogP contribution in [0.15, 0.2) is 24.3 Å². The number of ether oxygens (including phenoxy) is 2. The highest BCUT2D eigenvalue weighted by atomic mass is 16.6. The molecule has 0 aliphatic heterocycles. The molecule has 1 atom stereocenters. The third-order valence-electron chi connectivity index (χ3n) is 3.07. The summed E-state index contributed by atoms with van der Waals surface area (Å²) in [6.07, 6.45) is -0.702. The average molecular weight is 365 g/mol. The Labute approximate surface area is 153 Å². The van der Waals surface area contributed by atoms with Crippen molar-refractivity contribution in [2.75, 3.05) is 6.54 Å². The van der Waals surface area contributed by atoms with Crippen LogP contribution in [0.25, 0.3) is 0 Å². The lowest BCUT2D eigenvalue weighted by molar-refractivity contribution is -0.138. The minimum Gasteiger partial charge on any atom is -0.481 e. The minimum atomic E-state index is -1.12. The van der Waals surface area contributed by atoms with Gasteiger partial charge >= 0.3 is 18.0 Å². The predicted octanol–water partition coefficient (Wildman–Crippen LogP) is 3.33. The summed E-state index contributed by atoms with van der Waals surface area (Å²) in [5.74, 6) is -2.68. The summed E-state index contributed by atoms with van der Waals surface area (Å²) < 4.78 is 10.4. The molecule has 1 aromatic rings. The Morgan fingerprint density at radius 3 is 2.12 bits per heavy atom. The standard InChI is InChI=1S/C19H27NO6/c1-18(2,3)25-16(23)13-9-7-8-12(10-13)14(15(21)22)11-20-17(24)26-19(4,5)6/h7-10,14H,11H2,1-6H3,(H,20,24)(H,21,22). The van der Waals surface area contributed by atoms with Crippen molar-refractivity contribution >= 4 is 18.0 Å². The Hall–Kier alpha value is -2.57. The second-order valence-corrected chi connectivity index (χ2v) is 7.90. The molecule has 1 unspecified atom stereocenters. The molecule has 0 aliphatic carbocycles. The zero-order valence-corrected chi connectivity index (χ0v) is 16.1. The van der Waals surface area contributed by atoms with Crippen LogP contribution < -0.4 is 5.32 Å². The van der Waals surface area contributed by atoms with Gasteiger partial charge in [0.25, 0.3) is 0 Å². The fourth-order valence-electron chi connectivity index (χ4n) is 2.07. The Kier molecular flexibility index (Phi) is 6.78. The van der Waals surface area contributed by atoms with Crippen molar-refractivity contribution in [1.29, 1.82) is 0 Å². The monoisotopic (exact) mass is 365 g/mol. The summed E-state index contributed by atoms with van der Waals surface area (Å²) in [5.41, 5.74) is -0.699. The van der Waals surface area contributed by atoms with E-state index in [2.05, 4.69) is 5.32 Å². The van der Waals surface area contributed by atoms with Crippen LogP contribution in [0, 0.1) is 0 Å². The number of benzene rings is 1. The maximum absolute atomic E-state index is 12.2. The number of carboxylic acids is 1. The van der Waals surface area contributed by atoms with E-state index in [1.54, 1.807) is 59.7 Å². The number of esters is 1. The SMILES string of the molecule is CC(C)(C)OC(=O)NCC(C(=O)O)c1cccc(C(=O)OC(C)(C)C)c1. The number of amides is 1. The Balaban J connectivity index is 2.91. The summed E-state index contributed by atoms with van der Waals surface area (Å²) in [6.45, 7) is 10.2. The molecule has 2 N–H and O–H groups in total. The number of hydrogen-bond acceptors (Lipinski definition) is 5. The minimum absolute atomic E-state index is 0.165. The van der Waals surface area contributed by atoms with E-state index in [1.807, 2.05) is 0 Å². The smallest absolute Gasteiger partial charge is 0.407 e. The maximum Gasteiger partial charge on any atom is 0.407 e. The van der Waals surface area contributed by atoms with Gasteiger partial charge in [-0.1, -0.05) is 12.1 Å². The van der Waals surface area contributed by atoms with Gasteiger partial charge in [0.15, 0.2) is 0 Å². The van der Waals surface area contributed by atoms with Gasteiger partial charge < -0.3 is 19.9 Å². The topological polar surface area (TPSA) is 102 Å². The number of nitrogens with one attached hydrogen (secondary N) is 1. The molecule has 0 fully saturated rings. The number of aliphatic carboxylic acids is 1. The number of rotatable bonds is 5. The molecule has 0 aliphatic rings. The molecule has 0 heterocycles. The Bertz CT molecular complexity index is 669. The largest absolute Gasteiger partial charge is 0.481 e. The molecule has 0 spiro atoms. The van der Waals surface area contributed by atoms with E-state index in [9.17, 15) is 19.5 Å². The zero-order valence-electron chi connectivity index (χ0n) is 16.1. The fraction of sp³-hybridized carbons (Fsp3) is 0.526. The van der Waals surface area contributed by atoms with Crippen molar-refractivity contribution < 1.29 is 29.0 Å². The van der Waals surface area contributed by atoms with Gasteiger partial charge in [0.2, 0.25) is 0 Å². The van der Waals surface area contributed by atoms with Gasteiger partial charge in [-0.05, 0) is 59.2 Å². The molecular weight excluding hydrogens is 338 g/mol.